The van der Waals surface area contributed by atoms with Gasteiger partial charge in [0.1, 0.15) is 0 Å². The Hall–Kier alpha value is -1.49. The molecule has 5 nitrogen and oxygen atoms in total. The summed E-state index contributed by atoms with van der Waals surface area (Å²) in [4.78, 5) is 20.4. The van der Waals surface area contributed by atoms with E-state index in [1.54, 1.807) is 12.4 Å². The fourth-order valence-corrected chi connectivity index (χ4v) is 2.49. The molecule has 2 rings (SSSR count). The molecule has 5 heteroatoms. The van der Waals surface area contributed by atoms with Gasteiger partial charge >= 0.3 is 0 Å². The smallest absolute Gasteiger partial charge is 0.223 e. The summed E-state index contributed by atoms with van der Waals surface area (Å²) < 4.78 is 0. The number of hydrogen-bond acceptors (Lipinski definition) is 4. The molecular formula is C14H22N4O. The van der Waals surface area contributed by atoms with Gasteiger partial charge in [0.2, 0.25) is 5.91 Å². The lowest BCUT2D eigenvalue weighted by Crippen LogP contribution is -2.34. The first-order valence-corrected chi connectivity index (χ1v) is 6.94. The maximum atomic E-state index is 12.0. The molecule has 0 aliphatic heterocycles. The van der Waals surface area contributed by atoms with E-state index in [1.165, 1.54) is 0 Å². The van der Waals surface area contributed by atoms with Crippen molar-refractivity contribution in [1.82, 2.24) is 15.3 Å². The number of nitrogens with two attached hydrogens (primary N) is 1. The van der Waals surface area contributed by atoms with Gasteiger partial charge in [0.15, 0.2) is 0 Å². The van der Waals surface area contributed by atoms with Crippen molar-refractivity contribution >= 4 is 5.91 Å². The molecule has 1 aromatic heterocycles. The number of nitrogens with zero attached hydrogens (tertiary/aromatic N) is 2. The van der Waals surface area contributed by atoms with E-state index >= 15 is 0 Å². The van der Waals surface area contributed by atoms with Crippen molar-refractivity contribution in [3.63, 3.8) is 0 Å². The Kier molecular flexibility index (Phi) is 4.85. The fourth-order valence-electron chi connectivity index (χ4n) is 2.49. The van der Waals surface area contributed by atoms with Crippen molar-refractivity contribution < 1.29 is 4.79 Å². The van der Waals surface area contributed by atoms with Crippen LogP contribution < -0.4 is 11.1 Å². The standard InChI is InChI=1S/C14H22N4O/c1-10-7-17-13(8-16-10)9-18-14(19)12-4-2-11(6-15)3-5-12/h7-8,11-12H,2-6,9,15H2,1H3,(H,18,19). The van der Waals surface area contributed by atoms with Crippen molar-refractivity contribution in [2.75, 3.05) is 6.54 Å². The second kappa shape index (κ2) is 6.61. The molecule has 0 atom stereocenters. The van der Waals surface area contributed by atoms with Gasteiger partial charge in [-0.1, -0.05) is 0 Å². The molecule has 1 saturated carbocycles. The largest absolute Gasteiger partial charge is 0.350 e. The predicted octanol–water partition coefficient (Wildman–Crippen LogP) is 1.17. The summed E-state index contributed by atoms with van der Waals surface area (Å²) in [6.07, 6.45) is 7.47. The molecule has 0 unspecified atom stereocenters. The molecule has 1 aliphatic carbocycles. The molecule has 1 heterocycles. The quantitative estimate of drug-likeness (QED) is 0.853. The van der Waals surface area contributed by atoms with Crippen LogP contribution in [0, 0.1) is 18.8 Å². The van der Waals surface area contributed by atoms with Gasteiger partial charge < -0.3 is 11.1 Å². The van der Waals surface area contributed by atoms with E-state index in [1.807, 2.05) is 6.92 Å². The molecule has 1 fully saturated rings. The molecule has 0 bridgehead atoms. The van der Waals surface area contributed by atoms with E-state index in [9.17, 15) is 4.79 Å². The Morgan fingerprint density at radius 3 is 2.63 bits per heavy atom. The van der Waals surface area contributed by atoms with Crippen molar-refractivity contribution in [3.05, 3.63) is 23.8 Å². The molecule has 0 spiro atoms. The van der Waals surface area contributed by atoms with Crippen molar-refractivity contribution in [2.24, 2.45) is 17.6 Å². The highest BCUT2D eigenvalue weighted by atomic mass is 16.1. The molecule has 3 N–H and O–H groups in total. The van der Waals surface area contributed by atoms with E-state index < -0.39 is 0 Å². The molecular weight excluding hydrogens is 240 g/mol. The highest BCUT2D eigenvalue weighted by Crippen LogP contribution is 2.28. The molecule has 104 valence electrons. The van der Waals surface area contributed by atoms with Crippen LogP contribution in [0.25, 0.3) is 0 Å². The monoisotopic (exact) mass is 262 g/mol. The van der Waals surface area contributed by atoms with Gasteiger partial charge in [-0.15, -0.1) is 0 Å². The highest BCUT2D eigenvalue weighted by molar-refractivity contribution is 5.78. The lowest BCUT2D eigenvalue weighted by atomic mass is 9.81. The van der Waals surface area contributed by atoms with Crippen LogP contribution in [0.5, 0.6) is 0 Å². The van der Waals surface area contributed by atoms with Gasteiger partial charge in [0.25, 0.3) is 0 Å². The second-order valence-electron chi connectivity index (χ2n) is 5.32. The lowest BCUT2D eigenvalue weighted by Gasteiger charge is -2.26. The first-order chi connectivity index (χ1) is 9.19. The van der Waals surface area contributed by atoms with Crippen LogP contribution in [0.15, 0.2) is 12.4 Å². The third kappa shape index (κ3) is 3.99. The van der Waals surface area contributed by atoms with Crippen LogP contribution in [-0.4, -0.2) is 22.4 Å². The van der Waals surface area contributed by atoms with Crippen LogP contribution in [0.3, 0.4) is 0 Å². The average molecular weight is 262 g/mol. The molecule has 1 aliphatic rings. The summed E-state index contributed by atoms with van der Waals surface area (Å²) >= 11 is 0. The molecule has 0 aromatic carbocycles. The van der Waals surface area contributed by atoms with Gasteiger partial charge in [-0.3, -0.25) is 14.8 Å². The summed E-state index contributed by atoms with van der Waals surface area (Å²) in [6.45, 7) is 3.10. The van der Waals surface area contributed by atoms with E-state index in [0.717, 1.165) is 43.6 Å². The summed E-state index contributed by atoms with van der Waals surface area (Å²) in [5.74, 6) is 0.881. The summed E-state index contributed by atoms with van der Waals surface area (Å²) in [6, 6.07) is 0. The van der Waals surface area contributed by atoms with E-state index in [4.69, 9.17) is 5.73 Å². The van der Waals surface area contributed by atoms with Gasteiger partial charge in [0.05, 0.1) is 24.1 Å². The Bertz CT molecular complexity index is 410. The van der Waals surface area contributed by atoms with Crippen LogP contribution in [-0.2, 0) is 11.3 Å². The van der Waals surface area contributed by atoms with Crippen LogP contribution in [0.1, 0.15) is 37.1 Å². The number of carbonyl (C=O) groups excluding carboxylic acids is 1. The number of rotatable bonds is 4. The number of amides is 1. The van der Waals surface area contributed by atoms with E-state index in [2.05, 4.69) is 15.3 Å². The lowest BCUT2D eigenvalue weighted by molar-refractivity contribution is -0.126. The molecule has 0 radical (unpaired) electrons. The Balaban J connectivity index is 1.77. The van der Waals surface area contributed by atoms with Gasteiger partial charge in [0, 0.05) is 12.1 Å². The van der Waals surface area contributed by atoms with Crippen molar-refractivity contribution in [2.45, 2.75) is 39.2 Å². The van der Waals surface area contributed by atoms with Crippen LogP contribution in [0.4, 0.5) is 0 Å². The maximum absolute atomic E-state index is 12.0. The molecule has 1 aromatic rings. The SMILES string of the molecule is Cc1cnc(CNC(=O)C2CCC(CN)CC2)cn1. The van der Waals surface area contributed by atoms with Crippen molar-refractivity contribution in [3.8, 4) is 0 Å². The predicted molar refractivity (Wildman–Crippen MR) is 73.1 cm³/mol. The normalized spacial score (nSPS) is 23.1. The molecule has 19 heavy (non-hydrogen) atoms. The Morgan fingerprint density at radius 1 is 1.32 bits per heavy atom. The number of carbonyl (C=O) groups is 1. The Morgan fingerprint density at radius 2 is 2.05 bits per heavy atom. The average Bonchev–Trinajstić information content (AvgIpc) is 2.46. The molecule has 1 amide bonds. The number of aryl methyl sites for hydroxylation is 1. The summed E-state index contributed by atoms with van der Waals surface area (Å²) in [7, 11) is 0. The first kappa shape index (κ1) is 13.9. The summed E-state index contributed by atoms with van der Waals surface area (Å²) in [5, 5.41) is 2.95. The van der Waals surface area contributed by atoms with Crippen LogP contribution >= 0.6 is 0 Å². The minimum atomic E-state index is 0.137. The van der Waals surface area contributed by atoms with E-state index in [0.29, 0.717) is 12.5 Å². The maximum Gasteiger partial charge on any atom is 0.223 e. The van der Waals surface area contributed by atoms with E-state index in [-0.39, 0.29) is 11.8 Å². The first-order valence-electron chi connectivity index (χ1n) is 6.94. The number of hydrogen-bond donors (Lipinski definition) is 2. The third-order valence-corrected chi connectivity index (χ3v) is 3.83. The third-order valence-electron chi connectivity index (χ3n) is 3.83. The minimum absolute atomic E-state index is 0.137. The molecule has 0 saturated heterocycles. The van der Waals surface area contributed by atoms with Gasteiger partial charge in [-0.05, 0) is 45.1 Å². The van der Waals surface area contributed by atoms with Crippen molar-refractivity contribution in [1.29, 1.82) is 0 Å². The summed E-state index contributed by atoms with van der Waals surface area (Å²) in [5.41, 5.74) is 7.34. The minimum Gasteiger partial charge on any atom is -0.350 e. The highest BCUT2D eigenvalue weighted by Gasteiger charge is 2.25. The van der Waals surface area contributed by atoms with Gasteiger partial charge in [-0.25, -0.2) is 0 Å². The Labute approximate surface area is 114 Å². The number of aromatic nitrogens is 2. The number of nitrogens with one attached hydrogen (secondary N) is 1. The van der Waals surface area contributed by atoms with Crippen LogP contribution in [0.2, 0.25) is 0 Å². The fraction of sp³-hybridized carbons (Fsp3) is 0.643. The zero-order valence-electron chi connectivity index (χ0n) is 11.4. The second-order valence-corrected chi connectivity index (χ2v) is 5.32. The van der Waals surface area contributed by atoms with Gasteiger partial charge in [-0.2, -0.15) is 0 Å². The zero-order chi connectivity index (χ0) is 13.7. The zero-order valence-corrected chi connectivity index (χ0v) is 11.4. The topological polar surface area (TPSA) is 80.9 Å².